The van der Waals surface area contributed by atoms with Crippen LogP contribution < -0.4 is 15.0 Å². The minimum atomic E-state index is 0.694. The van der Waals surface area contributed by atoms with E-state index >= 15 is 0 Å². The van der Waals surface area contributed by atoms with Gasteiger partial charge in [-0.3, -0.25) is 0 Å². The van der Waals surface area contributed by atoms with Gasteiger partial charge in [-0.2, -0.15) is 0 Å². The zero-order valence-corrected chi connectivity index (χ0v) is 12.6. The van der Waals surface area contributed by atoms with Crippen LogP contribution in [0, 0.1) is 13.8 Å². The lowest BCUT2D eigenvalue weighted by atomic mass is 10.1. The maximum Gasteiger partial charge on any atom is 0.142 e. The molecule has 0 spiro atoms. The molecule has 1 saturated heterocycles. The molecule has 3 heteroatoms. The molecule has 1 heterocycles. The highest BCUT2D eigenvalue weighted by Gasteiger charge is 2.17. The maximum absolute atomic E-state index is 5.54. The van der Waals surface area contributed by atoms with Gasteiger partial charge in [0.25, 0.3) is 0 Å². The standard InChI is InChI=1S/C16H26N2O/c1-12-10-13(2)16(15(11-12)19-4)18(3)9-7-14-6-5-8-17-14/h10-11,14,17H,5-9H2,1-4H3. The van der Waals surface area contributed by atoms with E-state index in [2.05, 4.69) is 43.2 Å². The van der Waals surface area contributed by atoms with Crippen molar-refractivity contribution in [1.82, 2.24) is 5.32 Å². The third-order valence-electron chi connectivity index (χ3n) is 3.99. The lowest BCUT2D eigenvalue weighted by molar-refractivity contribution is 0.413. The first kappa shape index (κ1) is 14.2. The van der Waals surface area contributed by atoms with Crippen molar-refractivity contribution < 1.29 is 4.74 Å². The molecule has 0 aliphatic carbocycles. The molecule has 0 bridgehead atoms. The second kappa shape index (κ2) is 6.29. The summed E-state index contributed by atoms with van der Waals surface area (Å²) in [6, 6.07) is 5.04. The number of hydrogen-bond donors (Lipinski definition) is 1. The molecule has 0 aromatic heterocycles. The zero-order valence-electron chi connectivity index (χ0n) is 12.6. The SMILES string of the molecule is COc1cc(C)cc(C)c1N(C)CCC1CCCN1. The molecule has 0 amide bonds. The van der Waals surface area contributed by atoms with Crippen molar-refractivity contribution in [1.29, 1.82) is 0 Å². The molecule has 1 fully saturated rings. The fraction of sp³-hybridized carbons (Fsp3) is 0.625. The van der Waals surface area contributed by atoms with Gasteiger partial charge in [0.15, 0.2) is 0 Å². The lowest BCUT2D eigenvalue weighted by Gasteiger charge is -2.25. The average molecular weight is 262 g/mol. The van der Waals surface area contributed by atoms with E-state index in [-0.39, 0.29) is 0 Å². The third-order valence-corrected chi connectivity index (χ3v) is 3.99. The number of benzene rings is 1. The van der Waals surface area contributed by atoms with Crippen LogP contribution in [-0.2, 0) is 0 Å². The number of methoxy groups -OCH3 is 1. The van der Waals surface area contributed by atoms with Gasteiger partial charge in [0.05, 0.1) is 12.8 Å². The minimum absolute atomic E-state index is 0.694. The van der Waals surface area contributed by atoms with Crippen LogP contribution in [0.2, 0.25) is 0 Å². The van der Waals surface area contributed by atoms with E-state index in [1.807, 2.05) is 0 Å². The number of ether oxygens (including phenoxy) is 1. The van der Waals surface area contributed by atoms with Gasteiger partial charge < -0.3 is 15.0 Å². The van der Waals surface area contributed by atoms with Gasteiger partial charge in [0.1, 0.15) is 5.75 Å². The highest BCUT2D eigenvalue weighted by atomic mass is 16.5. The molecule has 1 aliphatic heterocycles. The van der Waals surface area contributed by atoms with E-state index in [0.717, 1.165) is 12.3 Å². The van der Waals surface area contributed by atoms with Gasteiger partial charge in [0, 0.05) is 19.6 Å². The fourth-order valence-corrected chi connectivity index (χ4v) is 3.03. The number of nitrogens with zero attached hydrogens (tertiary/aromatic N) is 1. The number of anilines is 1. The van der Waals surface area contributed by atoms with E-state index in [4.69, 9.17) is 4.74 Å². The second-order valence-corrected chi connectivity index (χ2v) is 5.64. The van der Waals surface area contributed by atoms with Gasteiger partial charge in [-0.05, 0) is 56.8 Å². The molecule has 106 valence electrons. The first-order chi connectivity index (χ1) is 9.11. The van der Waals surface area contributed by atoms with Gasteiger partial charge in [-0.1, -0.05) is 6.07 Å². The predicted octanol–water partition coefficient (Wildman–Crippen LogP) is 2.89. The Bertz CT molecular complexity index is 425. The van der Waals surface area contributed by atoms with E-state index in [0.29, 0.717) is 6.04 Å². The molecular formula is C16H26N2O. The number of hydrogen-bond acceptors (Lipinski definition) is 3. The van der Waals surface area contributed by atoms with Gasteiger partial charge in [-0.25, -0.2) is 0 Å². The zero-order chi connectivity index (χ0) is 13.8. The Morgan fingerprint density at radius 2 is 2.16 bits per heavy atom. The molecular weight excluding hydrogens is 236 g/mol. The quantitative estimate of drug-likeness (QED) is 0.883. The Hall–Kier alpha value is -1.22. The molecule has 1 aromatic carbocycles. The summed E-state index contributed by atoms with van der Waals surface area (Å²) in [7, 11) is 3.92. The van der Waals surface area contributed by atoms with Crippen molar-refractivity contribution >= 4 is 5.69 Å². The third kappa shape index (κ3) is 3.41. The monoisotopic (exact) mass is 262 g/mol. The van der Waals surface area contributed by atoms with E-state index in [9.17, 15) is 0 Å². The normalized spacial score (nSPS) is 18.6. The van der Waals surface area contributed by atoms with Crippen molar-refractivity contribution in [2.75, 3.05) is 32.1 Å². The van der Waals surface area contributed by atoms with Crippen LogP contribution in [0.25, 0.3) is 0 Å². The summed E-state index contributed by atoms with van der Waals surface area (Å²) in [6.45, 7) is 6.52. The first-order valence-electron chi connectivity index (χ1n) is 7.21. The largest absolute Gasteiger partial charge is 0.495 e. The van der Waals surface area contributed by atoms with Gasteiger partial charge >= 0.3 is 0 Å². The highest BCUT2D eigenvalue weighted by molar-refractivity contribution is 5.64. The summed E-state index contributed by atoms with van der Waals surface area (Å²) < 4.78 is 5.54. The second-order valence-electron chi connectivity index (χ2n) is 5.64. The van der Waals surface area contributed by atoms with Crippen molar-refractivity contribution in [3.8, 4) is 5.75 Å². The Balaban J connectivity index is 2.06. The molecule has 1 aromatic rings. The number of nitrogens with one attached hydrogen (secondary N) is 1. The van der Waals surface area contributed by atoms with Crippen molar-refractivity contribution in [3.05, 3.63) is 23.3 Å². The Kier molecular flexibility index (Phi) is 4.70. The average Bonchev–Trinajstić information content (AvgIpc) is 2.88. The fourth-order valence-electron chi connectivity index (χ4n) is 3.03. The molecule has 1 atom stereocenters. The first-order valence-corrected chi connectivity index (χ1v) is 7.21. The van der Waals surface area contributed by atoms with E-state index < -0.39 is 0 Å². The molecule has 0 radical (unpaired) electrons. The number of rotatable bonds is 5. The van der Waals surface area contributed by atoms with Crippen LogP contribution in [-0.4, -0.2) is 33.3 Å². The van der Waals surface area contributed by atoms with E-state index in [1.165, 1.54) is 42.6 Å². The Morgan fingerprint density at radius 1 is 1.37 bits per heavy atom. The summed E-state index contributed by atoms with van der Waals surface area (Å²) in [5.74, 6) is 0.986. The van der Waals surface area contributed by atoms with Crippen molar-refractivity contribution in [2.24, 2.45) is 0 Å². The maximum atomic E-state index is 5.54. The lowest BCUT2D eigenvalue weighted by Crippen LogP contribution is -2.28. The molecule has 3 nitrogen and oxygen atoms in total. The molecule has 2 rings (SSSR count). The summed E-state index contributed by atoms with van der Waals surface area (Å²) >= 11 is 0. The molecule has 0 saturated carbocycles. The predicted molar refractivity (Wildman–Crippen MR) is 81.4 cm³/mol. The van der Waals surface area contributed by atoms with Gasteiger partial charge in [-0.15, -0.1) is 0 Å². The Labute approximate surface area is 116 Å². The molecule has 1 aliphatic rings. The smallest absolute Gasteiger partial charge is 0.142 e. The van der Waals surface area contributed by atoms with Crippen molar-refractivity contribution in [3.63, 3.8) is 0 Å². The summed E-state index contributed by atoms with van der Waals surface area (Å²) in [4.78, 5) is 2.33. The van der Waals surface area contributed by atoms with Crippen LogP contribution in [0.1, 0.15) is 30.4 Å². The van der Waals surface area contributed by atoms with Crippen LogP contribution in [0.5, 0.6) is 5.75 Å². The van der Waals surface area contributed by atoms with Crippen LogP contribution in [0.3, 0.4) is 0 Å². The van der Waals surface area contributed by atoms with E-state index in [1.54, 1.807) is 7.11 Å². The minimum Gasteiger partial charge on any atom is -0.495 e. The van der Waals surface area contributed by atoms with Crippen LogP contribution >= 0.6 is 0 Å². The van der Waals surface area contributed by atoms with Crippen LogP contribution in [0.15, 0.2) is 12.1 Å². The highest BCUT2D eigenvalue weighted by Crippen LogP contribution is 2.32. The molecule has 1 N–H and O–H groups in total. The summed E-state index contributed by atoms with van der Waals surface area (Å²) in [5, 5.41) is 3.56. The van der Waals surface area contributed by atoms with Crippen LogP contribution in [0.4, 0.5) is 5.69 Å². The Morgan fingerprint density at radius 3 is 2.79 bits per heavy atom. The van der Waals surface area contributed by atoms with Crippen molar-refractivity contribution in [2.45, 2.75) is 39.2 Å². The van der Waals surface area contributed by atoms with Gasteiger partial charge in [0.2, 0.25) is 0 Å². The summed E-state index contributed by atoms with van der Waals surface area (Å²) in [6.07, 6.45) is 3.84. The molecule has 19 heavy (non-hydrogen) atoms. The topological polar surface area (TPSA) is 24.5 Å². The number of aryl methyl sites for hydroxylation is 2. The molecule has 1 unspecified atom stereocenters. The summed E-state index contributed by atoms with van der Waals surface area (Å²) in [5.41, 5.74) is 3.77.